The molecule has 7 heteroatoms. The fourth-order valence-electron chi connectivity index (χ4n) is 2.67. The Labute approximate surface area is 162 Å². The molecular weight excluding hydrogens is 360 g/mol. The quantitative estimate of drug-likeness (QED) is 0.668. The van der Waals surface area contributed by atoms with Crippen molar-refractivity contribution < 1.29 is 9.59 Å². The monoisotopic (exact) mass is 380 g/mol. The number of H-pyrrole nitrogens is 1. The van der Waals surface area contributed by atoms with Gasteiger partial charge in [0.2, 0.25) is 0 Å². The van der Waals surface area contributed by atoms with E-state index in [0.29, 0.717) is 22.6 Å². The molecule has 0 unspecified atom stereocenters. The van der Waals surface area contributed by atoms with Crippen molar-refractivity contribution >= 4 is 24.0 Å². The zero-order valence-electron chi connectivity index (χ0n) is 15.1. The molecule has 1 aromatic heterocycles. The van der Waals surface area contributed by atoms with Crippen LogP contribution in [0, 0.1) is 4.77 Å². The number of hydrogen-bond acceptors (Lipinski definition) is 3. The summed E-state index contributed by atoms with van der Waals surface area (Å²) in [5, 5.41) is 2.89. The third-order valence-corrected chi connectivity index (χ3v) is 4.38. The van der Waals surface area contributed by atoms with Gasteiger partial charge in [0.05, 0.1) is 0 Å². The summed E-state index contributed by atoms with van der Waals surface area (Å²) >= 11 is 5.30. The Bertz CT molecular complexity index is 1000. The van der Waals surface area contributed by atoms with Gasteiger partial charge in [-0.05, 0) is 42.0 Å². The van der Waals surface area contributed by atoms with E-state index >= 15 is 0 Å². The van der Waals surface area contributed by atoms with E-state index in [2.05, 4.69) is 10.3 Å². The summed E-state index contributed by atoms with van der Waals surface area (Å²) in [4.78, 5) is 29.0. The SMILES string of the molecule is CN(C)C(=O)c1ccc(CNC(=O)c2c[nH]c(=S)n2-c2ccccc2)cc1. The third-order valence-electron chi connectivity index (χ3n) is 4.08. The third kappa shape index (κ3) is 4.15. The summed E-state index contributed by atoms with van der Waals surface area (Å²) in [5.41, 5.74) is 2.77. The van der Waals surface area contributed by atoms with Crippen LogP contribution in [0.2, 0.25) is 0 Å². The molecule has 6 nitrogen and oxygen atoms in total. The van der Waals surface area contributed by atoms with Gasteiger partial charge in [-0.15, -0.1) is 0 Å². The lowest BCUT2D eigenvalue weighted by Crippen LogP contribution is -2.25. The molecule has 0 radical (unpaired) electrons. The molecule has 27 heavy (non-hydrogen) atoms. The van der Waals surface area contributed by atoms with Crippen LogP contribution in [0.1, 0.15) is 26.4 Å². The number of rotatable bonds is 5. The van der Waals surface area contributed by atoms with Gasteiger partial charge in [0.25, 0.3) is 11.8 Å². The second-order valence-corrected chi connectivity index (χ2v) is 6.62. The van der Waals surface area contributed by atoms with E-state index in [4.69, 9.17) is 12.2 Å². The van der Waals surface area contributed by atoms with Crippen LogP contribution >= 0.6 is 12.2 Å². The molecule has 0 atom stereocenters. The lowest BCUT2D eigenvalue weighted by molar-refractivity contribution is 0.0827. The minimum atomic E-state index is -0.236. The maximum atomic E-state index is 12.6. The lowest BCUT2D eigenvalue weighted by atomic mass is 10.1. The molecule has 138 valence electrons. The average Bonchev–Trinajstić information content (AvgIpc) is 3.08. The van der Waals surface area contributed by atoms with Gasteiger partial charge in [0.15, 0.2) is 4.77 Å². The van der Waals surface area contributed by atoms with E-state index in [1.165, 1.54) is 4.90 Å². The number of benzene rings is 2. The van der Waals surface area contributed by atoms with Crippen molar-refractivity contribution in [2.24, 2.45) is 0 Å². The predicted octanol–water partition coefficient (Wildman–Crippen LogP) is 3.17. The first-order chi connectivity index (χ1) is 13.0. The van der Waals surface area contributed by atoms with Crippen molar-refractivity contribution in [1.82, 2.24) is 19.8 Å². The van der Waals surface area contributed by atoms with Crippen molar-refractivity contribution in [3.8, 4) is 5.69 Å². The number of imidazole rings is 1. The predicted molar refractivity (Wildman–Crippen MR) is 107 cm³/mol. The molecule has 0 fully saturated rings. The summed E-state index contributed by atoms with van der Waals surface area (Å²) < 4.78 is 2.15. The van der Waals surface area contributed by atoms with Crippen LogP contribution in [-0.2, 0) is 6.54 Å². The Balaban J connectivity index is 1.72. The molecule has 2 aromatic carbocycles. The van der Waals surface area contributed by atoms with Gasteiger partial charge < -0.3 is 15.2 Å². The van der Waals surface area contributed by atoms with Crippen LogP contribution in [0.3, 0.4) is 0 Å². The highest BCUT2D eigenvalue weighted by Crippen LogP contribution is 2.13. The fraction of sp³-hybridized carbons (Fsp3) is 0.150. The number of aromatic nitrogens is 2. The summed E-state index contributed by atoms with van der Waals surface area (Å²) in [6.45, 7) is 0.349. The Hall–Kier alpha value is -3.19. The second kappa shape index (κ2) is 8.01. The number of para-hydroxylation sites is 1. The van der Waals surface area contributed by atoms with Crippen molar-refractivity contribution in [3.63, 3.8) is 0 Å². The fourth-order valence-corrected chi connectivity index (χ4v) is 2.93. The normalized spacial score (nSPS) is 10.4. The van der Waals surface area contributed by atoms with Gasteiger partial charge in [-0.3, -0.25) is 14.2 Å². The Morgan fingerprint density at radius 1 is 1.07 bits per heavy atom. The molecule has 1 heterocycles. The molecule has 2 amide bonds. The van der Waals surface area contributed by atoms with E-state index < -0.39 is 0 Å². The van der Waals surface area contributed by atoms with E-state index in [9.17, 15) is 9.59 Å². The minimum absolute atomic E-state index is 0.0558. The van der Waals surface area contributed by atoms with Gasteiger partial charge in [0, 0.05) is 38.1 Å². The number of carbonyl (C=O) groups is 2. The van der Waals surface area contributed by atoms with Gasteiger partial charge in [-0.2, -0.15) is 0 Å². The van der Waals surface area contributed by atoms with Crippen LogP contribution < -0.4 is 5.32 Å². The number of nitrogens with one attached hydrogen (secondary N) is 2. The van der Waals surface area contributed by atoms with Crippen molar-refractivity contribution in [2.45, 2.75) is 6.54 Å². The van der Waals surface area contributed by atoms with Gasteiger partial charge in [-0.1, -0.05) is 30.3 Å². The van der Waals surface area contributed by atoms with Gasteiger partial charge in [0.1, 0.15) is 5.69 Å². The van der Waals surface area contributed by atoms with Crippen LogP contribution in [0.15, 0.2) is 60.8 Å². The maximum Gasteiger partial charge on any atom is 0.270 e. The first-order valence-electron chi connectivity index (χ1n) is 8.42. The zero-order valence-corrected chi connectivity index (χ0v) is 15.9. The van der Waals surface area contributed by atoms with E-state index in [-0.39, 0.29) is 11.8 Å². The summed E-state index contributed by atoms with van der Waals surface area (Å²) in [6, 6.07) is 16.6. The number of hydrogen-bond donors (Lipinski definition) is 2. The topological polar surface area (TPSA) is 70.1 Å². The van der Waals surface area contributed by atoms with Crippen molar-refractivity contribution in [2.75, 3.05) is 14.1 Å². The molecule has 3 rings (SSSR count). The lowest BCUT2D eigenvalue weighted by Gasteiger charge is -2.11. The highest BCUT2D eigenvalue weighted by atomic mass is 32.1. The Kier molecular flexibility index (Phi) is 5.52. The number of amides is 2. The molecule has 0 aliphatic rings. The van der Waals surface area contributed by atoms with E-state index in [1.54, 1.807) is 37.0 Å². The number of aromatic amines is 1. The number of nitrogens with zero attached hydrogens (tertiary/aromatic N) is 2. The van der Waals surface area contributed by atoms with Crippen LogP contribution in [0.4, 0.5) is 0 Å². The Morgan fingerprint density at radius 2 is 1.74 bits per heavy atom. The molecular formula is C20H20N4O2S. The van der Waals surface area contributed by atoms with Crippen LogP contribution in [0.25, 0.3) is 5.69 Å². The molecule has 0 aliphatic carbocycles. The average molecular weight is 380 g/mol. The second-order valence-electron chi connectivity index (χ2n) is 6.23. The van der Waals surface area contributed by atoms with E-state index in [0.717, 1.165) is 11.3 Å². The summed E-state index contributed by atoms with van der Waals surface area (Å²) in [6.07, 6.45) is 1.60. The van der Waals surface area contributed by atoms with Crippen LogP contribution in [0.5, 0.6) is 0 Å². The summed E-state index contributed by atoms with van der Waals surface area (Å²) in [5.74, 6) is -0.292. The minimum Gasteiger partial charge on any atom is -0.347 e. The first-order valence-corrected chi connectivity index (χ1v) is 8.83. The standard InChI is InChI=1S/C20H20N4O2S/c1-23(2)19(26)15-10-8-14(9-11-15)12-21-18(25)17-13-22-20(27)24(17)16-6-4-3-5-7-16/h3-11,13H,12H2,1-2H3,(H,21,25)(H,22,27). The Morgan fingerprint density at radius 3 is 2.37 bits per heavy atom. The maximum absolute atomic E-state index is 12.6. The first kappa shape index (κ1) is 18.6. The summed E-state index contributed by atoms with van der Waals surface area (Å²) in [7, 11) is 3.42. The molecule has 2 N–H and O–H groups in total. The highest BCUT2D eigenvalue weighted by Gasteiger charge is 2.14. The zero-order chi connectivity index (χ0) is 19.4. The molecule has 0 saturated heterocycles. The smallest absolute Gasteiger partial charge is 0.270 e. The molecule has 0 bridgehead atoms. The van der Waals surface area contributed by atoms with Gasteiger partial charge in [-0.25, -0.2) is 0 Å². The van der Waals surface area contributed by atoms with E-state index in [1.807, 2.05) is 42.5 Å². The van der Waals surface area contributed by atoms with Gasteiger partial charge >= 0.3 is 0 Å². The van der Waals surface area contributed by atoms with Crippen molar-refractivity contribution in [1.29, 1.82) is 0 Å². The molecule has 0 saturated carbocycles. The van der Waals surface area contributed by atoms with Crippen LogP contribution in [-0.4, -0.2) is 40.4 Å². The molecule has 0 aliphatic heterocycles. The molecule has 3 aromatic rings. The largest absolute Gasteiger partial charge is 0.347 e. The molecule has 0 spiro atoms. The van der Waals surface area contributed by atoms with Crippen molar-refractivity contribution in [3.05, 3.63) is 82.4 Å². The highest BCUT2D eigenvalue weighted by molar-refractivity contribution is 7.71. The number of carbonyl (C=O) groups excluding carboxylic acids is 2.